The number of carbonyl (C=O) groups is 1. The zero-order valence-electron chi connectivity index (χ0n) is 11.2. The number of aromatic nitrogens is 1. The molecular weight excluding hydrogens is 333 g/mol. The maximum absolute atomic E-state index is 14.6. The van der Waals surface area contributed by atoms with E-state index in [0.29, 0.717) is 12.1 Å². The minimum Gasteiger partial charge on any atom is -0.305 e. The van der Waals surface area contributed by atoms with Gasteiger partial charge in [-0.25, -0.2) is 0 Å². The zero-order valence-corrected chi connectivity index (χ0v) is 12.7. The Morgan fingerprint density at radius 1 is 1.27 bits per heavy atom. The van der Waals surface area contributed by atoms with Crippen LogP contribution in [0.3, 0.4) is 0 Å². The van der Waals surface area contributed by atoms with Crippen molar-refractivity contribution in [2.75, 3.05) is 11.4 Å². The lowest BCUT2D eigenvalue weighted by molar-refractivity contribution is -0.143. The molecule has 0 aliphatic carbocycles. The van der Waals surface area contributed by atoms with E-state index >= 15 is 0 Å². The average Bonchev–Trinajstić information content (AvgIpc) is 2.93. The number of benzene rings is 1. The van der Waals surface area contributed by atoms with Crippen molar-refractivity contribution >= 4 is 34.8 Å². The number of carbonyl (C=O) groups excluding carboxylic acids is 1. The molecule has 1 aliphatic rings. The molecule has 3 nitrogen and oxygen atoms in total. The summed E-state index contributed by atoms with van der Waals surface area (Å²) < 4.78 is 29.2. The van der Waals surface area contributed by atoms with Crippen LogP contribution in [0.5, 0.6) is 0 Å². The number of hydrogen-bond donors (Lipinski definition) is 0. The number of fused-ring (bicyclic) bond motifs is 1. The van der Waals surface area contributed by atoms with Crippen molar-refractivity contribution in [3.05, 3.63) is 57.8 Å². The van der Waals surface area contributed by atoms with Crippen molar-refractivity contribution in [1.82, 2.24) is 4.98 Å². The number of halogens is 4. The monoisotopic (exact) mass is 342 g/mol. The predicted molar refractivity (Wildman–Crippen MR) is 80.7 cm³/mol. The van der Waals surface area contributed by atoms with Gasteiger partial charge in [-0.2, -0.15) is 8.78 Å². The molecule has 0 saturated heterocycles. The molecule has 0 N–H and O–H groups in total. The SMILES string of the molecule is O=C(N1CCc2ccncc21)C(F)(F)c1cccc(Cl)c1Cl. The van der Waals surface area contributed by atoms with E-state index in [4.69, 9.17) is 23.2 Å². The van der Waals surface area contributed by atoms with E-state index in [-0.39, 0.29) is 16.6 Å². The number of alkyl halides is 2. The van der Waals surface area contributed by atoms with Gasteiger partial charge in [0.1, 0.15) is 0 Å². The number of anilines is 1. The highest BCUT2D eigenvalue weighted by molar-refractivity contribution is 6.42. The molecule has 0 unspecified atom stereocenters. The van der Waals surface area contributed by atoms with E-state index in [0.717, 1.165) is 16.5 Å². The van der Waals surface area contributed by atoms with E-state index in [9.17, 15) is 13.6 Å². The van der Waals surface area contributed by atoms with E-state index in [1.807, 2.05) is 0 Å². The van der Waals surface area contributed by atoms with E-state index in [1.54, 1.807) is 12.3 Å². The minimum atomic E-state index is -3.76. The van der Waals surface area contributed by atoms with Gasteiger partial charge in [0.05, 0.1) is 27.5 Å². The summed E-state index contributed by atoms with van der Waals surface area (Å²) in [6.07, 6.45) is 3.50. The lowest BCUT2D eigenvalue weighted by Gasteiger charge is -2.24. The van der Waals surface area contributed by atoms with Gasteiger partial charge in [-0.05, 0) is 24.1 Å². The Balaban J connectivity index is 2.00. The predicted octanol–water partition coefficient (Wildman–Crippen LogP) is 4.07. The third-order valence-electron chi connectivity index (χ3n) is 3.59. The lowest BCUT2D eigenvalue weighted by atomic mass is 10.1. The maximum Gasteiger partial charge on any atom is 0.351 e. The first kappa shape index (κ1) is 15.2. The fourth-order valence-corrected chi connectivity index (χ4v) is 2.88. The highest BCUT2D eigenvalue weighted by atomic mass is 35.5. The van der Waals surface area contributed by atoms with Crippen LogP contribution in [0.15, 0.2) is 36.7 Å². The van der Waals surface area contributed by atoms with Gasteiger partial charge in [0, 0.05) is 12.7 Å². The molecule has 1 aromatic heterocycles. The molecule has 0 saturated carbocycles. The summed E-state index contributed by atoms with van der Waals surface area (Å²) in [5, 5.41) is -0.330. The minimum absolute atomic E-state index is 0.0184. The van der Waals surface area contributed by atoms with Crippen molar-refractivity contribution < 1.29 is 13.6 Å². The summed E-state index contributed by atoms with van der Waals surface area (Å²) in [6.45, 7) is 0.188. The van der Waals surface area contributed by atoms with Gasteiger partial charge in [0.2, 0.25) is 0 Å². The summed E-state index contributed by atoms with van der Waals surface area (Å²) >= 11 is 11.6. The topological polar surface area (TPSA) is 33.2 Å². The number of rotatable bonds is 2. The molecule has 0 fully saturated rings. The van der Waals surface area contributed by atoms with Crippen LogP contribution in [0.4, 0.5) is 14.5 Å². The second-order valence-corrected chi connectivity index (χ2v) is 5.67. The fraction of sp³-hybridized carbons (Fsp3) is 0.200. The van der Waals surface area contributed by atoms with E-state index in [2.05, 4.69) is 4.98 Å². The number of amides is 1. The fourth-order valence-electron chi connectivity index (χ4n) is 2.46. The molecule has 1 aromatic carbocycles. The van der Waals surface area contributed by atoms with Crippen molar-refractivity contribution in [3.63, 3.8) is 0 Å². The molecule has 0 bridgehead atoms. The molecule has 2 aromatic rings. The van der Waals surface area contributed by atoms with Gasteiger partial charge >= 0.3 is 11.8 Å². The Morgan fingerprint density at radius 3 is 2.82 bits per heavy atom. The van der Waals surface area contributed by atoms with Crippen molar-refractivity contribution in [2.24, 2.45) is 0 Å². The molecule has 0 spiro atoms. The Hall–Kier alpha value is -1.72. The summed E-state index contributed by atoms with van der Waals surface area (Å²) in [5.74, 6) is -5.09. The first-order chi connectivity index (χ1) is 10.4. The maximum atomic E-state index is 14.6. The summed E-state index contributed by atoms with van der Waals surface area (Å²) in [4.78, 5) is 17.3. The quantitative estimate of drug-likeness (QED) is 0.824. The highest BCUT2D eigenvalue weighted by Crippen LogP contribution is 2.40. The highest BCUT2D eigenvalue weighted by Gasteiger charge is 2.47. The standard InChI is InChI=1S/C15H10Cl2F2N2O/c16-11-3-1-2-10(13(11)17)15(18,19)14(22)21-7-5-9-4-6-20-8-12(9)21/h1-4,6,8H,5,7H2. The first-order valence-corrected chi connectivity index (χ1v) is 7.25. The number of pyridine rings is 1. The number of nitrogens with zero attached hydrogens (tertiary/aromatic N) is 2. The number of hydrogen-bond acceptors (Lipinski definition) is 2. The van der Waals surface area contributed by atoms with Gasteiger partial charge in [-0.3, -0.25) is 9.78 Å². The Labute approximate surface area is 135 Å². The third kappa shape index (κ3) is 2.34. The van der Waals surface area contributed by atoms with E-state index < -0.39 is 17.4 Å². The molecule has 22 heavy (non-hydrogen) atoms. The Morgan fingerprint density at radius 2 is 2.05 bits per heavy atom. The van der Waals surface area contributed by atoms with Crippen LogP contribution in [0.25, 0.3) is 0 Å². The molecule has 7 heteroatoms. The van der Waals surface area contributed by atoms with E-state index in [1.165, 1.54) is 18.3 Å². The Bertz CT molecular complexity index is 752. The van der Waals surface area contributed by atoms with Crippen LogP contribution >= 0.6 is 23.2 Å². The second kappa shape index (κ2) is 5.48. The van der Waals surface area contributed by atoms with Crippen molar-refractivity contribution in [1.29, 1.82) is 0 Å². The molecule has 1 amide bonds. The molecular formula is C15H10Cl2F2N2O. The van der Waals surface area contributed by atoms with Gasteiger partial charge < -0.3 is 4.90 Å². The third-order valence-corrected chi connectivity index (χ3v) is 4.41. The lowest BCUT2D eigenvalue weighted by Crippen LogP contribution is -2.41. The van der Waals surface area contributed by atoms with Gasteiger partial charge in [-0.15, -0.1) is 0 Å². The van der Waals surface area contributed by atoms with Crippen LogP contribution in [0, 0.1) is 0 Å². The van der Waals surface area contributed by atoms with Gasteiger partial charge in [-0.1, -0.05) is 35.3 Å². The zero-order chi connectivity index (χ0) is 15.9. The van der Waals surface area contributed by atoms with Crippen molar-refractivity contribution in [3.8, 4) is 0 Å². The smallest absolute Gasteiger partial charge is 0.305 e. The van der Waals surface area contributed by atoms with Crippen molar-refractivity contribution in [2.45, 2.75) is 12.3 Å². The van der Waals surface area contributed by atoms with Crippen LogP contribution in [0.1, 0.15) is 11.1 Å². The van der Waals surface area contributed by atoms with Crippen LogP contribution in [-0.2, 0) is 17.1 Å². The molecule has 2 heterocycles. The molecule has 1 aliphatic heterocycles. The van der Waals surface area contributed by atoms with Crippen LogP contribution in [-0.4, -0.2) is 17.4 Å². The first-order valence-electron chi connectivity index (χ1n) is 6.50. The Kier molecular flexibility index (Phi) is 3.78. The largest absolute Gasteiger partial charge is 0.351 e. The van der Waals surface area contributed by atoms with Gasteiger partial charge in [0.25, 0.3) is 0 Å². The van der Waals surface area contributed by atoms with Gasteiger partial charge in [0.15, 0.2) is 0 Å². The molecule has 0 radical (unpaired) electrons. The second-order valence-electron chi connectivity index (χ2n) is 4.89. The summed E-state index contributed by atoms with van der Waals surface area (Å²) in [5.41, 5.74) is 0.630. The normalized spacial score (nSPS) is 14.1. The van der Waals surface area contributed by atoms with Crippen LogP contribution < -0.4 is 4.90 Å². The summed E-state index contributed by atoms with van der Waals surface area (Å²) in [7, 11) is 0. The van der Waals surface area contributed by atoms with Crippen LogP contribution in [0.2, 0.25) is 10.0 Å². The molecule has 0 atom stereocenters. The summed E-state index contributed by atoms with van der Waals surface area (Å²) in [6, 6.07) is 5.55. The average molecular weight is 343 g/mol. The molecule has 3 rings (SSSR count). The molecule has 114 valence electrons.